The Morgan fingerprint density at radius 3 is 3.06 bits per heavy atom. The highest BCUT2D eigenvalue weighted by atomic mass is 35.5. The van der Waals surface area contributed by atoms with Gasteiger partial charge >= 0.3 is 0 Å². The standard InChI is InChI=1S/C8H7ClN6O/c1-4-2-5(6(9)10-3-4)11-8(16)7-12-14-15-13-7/h2-3H,1H3,(H,11,16)(H,12,13,14,15). The van der Waals surface area contributed by atoms with Gasteiger partial charge in [0.2, 0.25) is 0 Å². The van der Waals surface area contributed by atoms with Gasteiger partial charge in [-0.15, -0.1) is 10.2 Å². The van der Waals surface area contributed by atoms with Crippen molar-refractivity contribution in [2.45, 2.75) is 6.92 Å². The van der Waals surface area contributed by atoms with Crippen LogP contribution in [0.4, 0.5) is 5.69 Å². The summed E-state index contributed by atoms with van der Waals surface area (Å²) in [5, 5.41) is 15.3. The van der Waals surface area contributed by atoms with Crippen LogP contribution in [0.2, 0.25) is 5.15 Å². The minimum absolute atomic E-state index is 0.0578. The summed E-state index contributed by atoms with van der Waals surface area (Å²) in [6.07, 6.45) is 1.60. The first-order valence-electron chi connectivity index (χ1n) is 4.34. The minimum atomic E-state index is -0.497. The lowest BCUT2D eigenvalue weighted by Crippen LogP contribution is -2.14. The number of nitrogens with zero attached hydrogens (tertiary/aromatic N) is 4. The molecule has 8 heteroatoms. The third kappa shape index (κ3) is 2.14. The summed E-state index contributed by atoms with van der Waals surface area (Å²) in [6, 6.07) is 1.70. The lowest BCUT2D eigenvalue weighted by Gasteiger charge is -2.04. The molecular weight excluding hydrogens is 232 g/mol. The van der Waals surface area contributed by atoms with Crippen LogP contribution in [0.5, 0.6) is 0 Å². The van der Waals surface area contributed by atoms with Gasteiger partial charge in [-0.25, -0.2) is 4.98 Å². The topological polar surface area (TPSA) is 96.5 Å². The smallest absolute Gasteiger partial charge is 0.297 e. The average molecular weight is 239 g/mol. The molecule has 2 rings (SSSR count). The van der Waals surface area contributed by atoms with Crippen LogP contribution < -0.4 is 5.32 Å². The molecule has 0 saturated heterocycles. The highest BCUT2D eigenvalue weighted by Gasteiger charge is 2.13. The number of aromatic amines is 1. The van der Waals surface area contributed by atoms with Crippen LogP contribution in [0.25, 0.3) is 0 Å². The molecule has 2 heterocycles. The Balaban J connectivity index is 2.21. The van der Waals surface area contributed by atoms with Gasteiger partial charge in [0.15, 0.2) is 5.15 Å². The molecule has 2 aromatic heterocycles. The number of tetrazole rings is 1. The summed E-state index contributed by atoms with van der Waals surface area (Å²) < 4.78 is 0. The quantitative estimate of drug-likeness (QED) is 0.755. The third-order valence-corrected chi connectivity index (χ3v) is 2.07. The second-order valence-electron chi connectivity index (χ2n) is 3.04. The van der Waals surface area contributed by atoms with Crippen LogP contribution in [-0.2, 0) is 0 Å². The molecule has 0 aliphatic heterocycles. The van der Waals surface area contributed by atoms with Crippen molar-refractivity contribution < 1.29 is 4.79 Å². The predicted molar refractivity (Wildman–Crippen MR) is 56.1 cm³/mol. The van der Waals surface area contributed by atoms with E-state index in [1.54, 1.807) is 12.3 Å². The molecule has 0 radical (unpaired) electrons. The van der Waals surface area contributed by atoms with Crippen LogP contribution >= 0.6 is 11.6 Å². The SMILES string of the molecule is Cc1cnc(Cl)c(NC(=O)c2nn[nH]n2)c1. The van der Waals surface area contributed by atoms with E-state index in [0.29, 0.717) is 5.69 Å². The van der Waals surface area contributed by atoms with Crippen LogP contribution in [0.15, 0.2) is 12.3 Å². The van der Waals surface area contributed by atoms with Crippen molar-refractivity contribution in [3.05, 3.63) is 28.8 Å². The Morgan fingerprint density at radius 2 is 2.38 bits per heavy atom. The number of hydrogen-bond donors (Lipinski definition) is 2. The zero-order chi connectivity index (χ0) is 11.5. The molecule has 0 aliphatic carbocycles. The minimum Gasteiger partial charge on any atom is -0.316 e. The fraction of sp³-hybridized carbons (Fsp3) is 0.125. The maximum atomic E-state index is 11.6. The number of aromatic nitrogens is 5. The number of hydrogen-bond acceptors (Lipinski definition) is 5. The number of rotatable bonds is 2. The molecule has 7 nitrogen and oxygen atoms in total. The molecule has 0 saturated carbocycles. The lowest BCUT2D eigenvalue weighted by atomic mass is 10.3. The van der Waals surface area contributed by atoms with Gasteiger partial charge < -0.3 is 5.32 Å². The molecule has 1 amide bonds. The second-order valence-corrected chi connectivity index (χ2v) is 3.40. The first-order valence-corrected chi connectivity index (χ1v) is 4.71. The summed E-state index contributed by atoms with van der Waals surface area (Å²) in [5.41, 5.74) is 1.30. The highest BCUT2D eigenvalue weighted by Crippen LogP contribution is 2.19. The number of pyridine rings is 1. The normalized spacial score (nSPS) is 10.1. The average Bonchev–Trinajstić information content (AvgIpc) is 2.76. The highest BCUT2D eigenvalue weighted by molar-refractivity contribution is 6.32. The van der Waals surface area contributed by atoms with Crippen molar-refractivity contribution in [1.82, 2.24) is 25.6 Å². The molecule has 0 unspecified atom stereocenters. The Morgan fingerprint density at radius 1 is 1.56 bits per heavy atom. The first kappa shape index (κ1) is 10.5. The van der Waals surface area contributed by atoms with Crippen molar-refractivity contribution in [2.75, 3.05) is 5.32 Å². The summed E-state index contributed by atoms with van der Waals surface area (Å²) in [6.45, 7) is 1.84. The molecule has 0 aliphatic rings. The Bertz CT molecular complexity index is 511. The zero-order valence-corrected chi connectivity index (χ0v) is 8.99. The molecule has 2 N–H and O–H groups in total. The van der Waals surface area contributed by atoms with E-state index in [4.69, 9.17) is 11.6 Å². The van der Waals surface area contributed by atoms with Gasteiger partial charge in [-0.05, 0) is 23.8 Å². The summed E-state index contributed by atoms with van der Waals surface area (Å²) in [5.74, 6) is -0.555. The predicted octanol–water partition coefficient (Wildman–Crippen LogP) is 0.809. The molecule has 16 heavy (non-hydrogen) atoms. The van der Waals surface area contributed by atoms with Crippen LogP contribution in [0, 0.1) is 6.92 Å². The molecule has 82 valence electrons. The molecule has 0 aromatic carbocycles. The second kappa shape index (κ2) is 4.23. The molecule has 0 fully saturated rings. The van der Waals surface area contributed by atoms with Gasteiger partial charge in [0.1, 0.15) is 0 Å². The van der Waals surface area contributed by atoms with Crippen LogP contribution in [0.3, 0.4) is 0 Å². The maximum absolute atomic E-state index is 11.6. The largest absolute Gasteiger partial charge is 0.316 e. The van der Waals surface area contributed by atoms with Crippen LogP contribution in [-0.4, -0.2) is 31.5 Å². The van der Waals surface area contributed by atoms with E-state index in [-0.39, 0.29) is 11.0 Å². The first-order chi connectivity index (χ1) is 7.66. The summed E-state index contributed by atoms with van der Waals surface area (Å²) in [7, 11) is 0. The van der Waals surface area contributed by atoms with E-state index in [1.807, 2.05) is 6.92 Å². The van der Waals surface area contributed by atoms with Gasteiger partial charge in [-0.3, -0.25) is 4.79 Å². The molecule has 2 aromatic rings. The van der Waals surface area contributed by atoms with E-state index in [1.165, 1.54) is 0 Å². The van der Waals surface area contributed by atoms with Gasteiger partial charge in [0.25, 0.3) is 11.7 Å². The van der Waals surface area contributed by atoms with E-state index in [2.05, 4.69) is 30.9 Å². The van der Waals surface area contributed by atoms with Crippen LogP contribution in [0.1, 0.15) is 16.2 Å². The fourth-order valence-corrected chi connectivity index (χ4v) is 1.23. The third-order valence-electron chi connectivity index (χ3n) is 1.77. The number of carbonyl (C=O) groups is 1. The van der Waals surface area contributed by atoms with E-state index in [0.717, 1.165) is 5.56 Å². The number of nitrogens with one attached hydrogen (secondary N) is 2. The molecular formula is C8H7ClN6O. The number of H-pyrrole nitrogens is 1. The maximum Gasteiger partial charge on any atom is 0.297 e. The number of halogens is 1. The Labute approximate surface area is 95.2 Å². The van der Waals surface area contributed by atoms with Gasteiger partial charge in [0, 0.05) is 6.20 Å². The fourth-order valence-electron chi connectivity index (χ4n) is 1.08. The summed E-state index contributed by atoms with van der Waals surface area (Å²) in [4.78, 5) is 15.5. The van der Waals surface area contributed by atoms with Crippen molar-refractivity contribution in [2.24, 2.45) is 0 Å². The molecule has 0 bridgehead atoms. The van der Waals surface area contributed by atoms with E-state index in [9.17, 15) is 4.79 Å². The van der Waals surface area contributed by atoms with E-state index >= 15 is 0 Å². The van der Waals surface area contributed by atoms with Gasteiger partial charge in [-0.2, -0.15) is 5.21 Å². The lowest BCUT2D eigenvalue weighted by molar-refractivity contribution is 0.101. The van der Waals surface area contributed by atoms with Crippen molar-refractivity contribution >= 4 is 23.2 Å². The molecule has 0 spiro atoms. The number of amides is 1. The van der Waals surface area contributed by atoms with Gasteiger partial charge in [0.05, 0.1) is 5.69 Å². The van der Waals surface area contributed by atoms with Crippen molar-refractivity contribution in [1.29, 1.82) is 0 Å². The monoisotopic (exact) mass is 238 g/mol. The number of anilines is 1. The van der Waals surface area contributed by atoms with Crippen molar-refractivity contribution in [3.63, 3.8) is 0 Å². The Kier molecular flexibility index (Phi) is 2.78. The number of aryl methyl sites for hydroxylation is 1. The summed E-state index contributed by atoms with van der Waals surface area (Å²) >= 11 is 5.81. The molecule has 0 atom stereocenters. The number of carbonyl (C=O) groups excluding carboxylic acids is 1. The Hall–Kier alpha value is -2.02. The van der Waals surface area contributed by atoms with Crippen molar-refractivity contribution in [3.8, 4) is 0 Å². The van der Waals surface area contributed by atoms with E-state index < -0.39 is 5.91 Å². The zero-order valence-electron chi connectivity index (χ0n) is 8.23. The van der Waals surface area contributed by atoms with Gasteiger partial charge in [-0.1, -0.05) is 11.6 Å².